The predicted molar refractivity (Wildman–Crippen MR) is 147 cm³/mol. The smallest absolute Gasteiger partial charge is 0.410 e. The molecule has 0 aliphatic carbocycles. The number of carbonyl (C=O) groups excluding carboxylic acids is 2. The number of ether oxygens (including phenoxy) is 2. The van der Waals surface area contributed by atoms with Gasteiger partial charge in [0.25, 0.3) is 15.9 Å². The topological polar surface area (TPSA) is 127 Å². The van der Waals surface area contributed by atoms with E-state index >= 15 is 0 Å². The van der Waals surface area contributed by atoms with E-state index in [1.165, 1.54) is 66.7 Å². The number of amides is 2. The summed E-state index contributed by atoms with van der Waals surface area (Å²) in [6.45, 7) is 5.09. The summed E-state index contributed by atoms with van der Waals surface area (Å²) < 4.78 is 54.2. The van der Waals surface area contributed by atoms with E-state index in [-0.39, 0.29) is 48.2 Å². The molecule has 3 aromatic rings. The number of benzene rings is 2. The van der Waals surface area contributed by atoms with E-state index in [9.17, 15) is 22.4 Å². The van der Waals surface area contributed by atoms with Gasteiger partial charge in [-0.05, 0) is 63.1 Å². The van der Waals surface area contributed by atoms with E-state index in [0.717, 1.165) is 3.97 Å². The molecule has 0 aliphatic heterocycles. The fraction of sp³-hybridized carbons (Fsp3) is 0.357. The lowest BCUT2D eigenvalue weighted by Crippen LogP contribution is -2.33. The highest BCUT2D eigenvalue weighted by molar-refractivity contribution is 7.90. The van der Waals surface area contributed by atoms with Crippen molar-refractivity contribution in [2.45, 2.75) is 44.2 Å². The maximum Gasteiger partial charge on any atom is 0.410 e. The number of aliphatic hydroxyl groups excluding tert-OH is 1. The molecule has 0 saturated carbocycles. The zero-order valence-electron chi connectivity index (χ0n) is 22.9. The summed E-state index contributed by atoms with van der Waals surface area (Å²) in [5, 5.41) is 11.4. The van der Waals surface area contributed by atoms with Crippen LogP contribution in [0.15, 0.2) is 65.7 Å². The molecule has 12 heteroatoms. The van der Waals surface area contributed by atoms with Crippen molar-refractivity contribution in [3.63, 3.8) is 0 Å². The Kier molecular flexibility index (Phi) is 9.93. The number of rotatable bonds is 11. The summed E-state index contributed by atoms with van der Waals surface area (Å²) >= 11 is 0. The van der Waals surface area contributed by atoms with Crippen LogP contribution in [0.25, 0.3) is 11.3 Å². The number of nitrogens with one attached hydrogen (secondary N) is 1. The van der Waals surface area contributed by atoms with Gasteiger partial charge >= 0.3 is 6.09 Å². The Hall–Kier alpha value is -3.90. The van der Waals surface area contributed by atoms with E-state index < -0.39 is 33.4 Å². The third kappa shape index (κ3) is 8.06. The van der Waals surface area contributed by atoms with Crippen LogP contribution in [0.2, 0.25) is 0 Å². The van der Waals surface area contributed by atoms with Crippen molar-refractivity contribution in [1.82, 2.24) is 14.2 Å². The molecular formula is C28H34FN3O7S. The van der Waals surface area contributed by atoms with Crippen molar-refractivity contribution < 1.29 is 37.0 Å². The molecule has 3 rings (SSSR count). The van der Waals surface area contributed by atoms with Gasteiger partial charge in [0.15, 0.2) is 6.61 Å². The average Bonchev–Trinajstić information content (AvgIpc) is 3.31. The Morgan fingerprint density at radius 2 is 1.82 bits per heavy atom. The van der Waals surface area contributed by atoms with Gasteiger partial charge in [-0.25, -0.2) is 21.6 Å². The minimum atomic E-state index is -4.27. The van der Waals surface area contributed by atoms with E-state index in [1.54, 1.807) is 26.8 Å². The molecular weight excluding hydrogens is 541 g/mol. The average molecular weight is 576 g/mol. The van der Waals surface area contributed by atoms with Gasteiger partial charge in [-0.1, -0.05) is 18.2 Å². The van der Waals surface area contributed by atoms with Gasteiger partial charge in [-0.15, -0.1) is 0 Å². The highest BCUT2D eigenvalue weighted by atomic mass is 32.2. The van der Waals surface area contributed by atoms with Gasteiger partial charge in [0.05, 0.1) is 17.1 Å². The first-order valence-electron chi connectivity index (χ1n) is 12.6. The lowest BCUT2D eigenvalue weighted by atomic mass is 10.1. The number of aliphatic hydroxyl groups is 1. The Labute approximate surface area is 233 Å². The second-order valence-electron chi connectivity index (χ2n) is 10.0. The lowest BCUT2D eigenvalue weighted by Gasteiger charge is -2.24. The molecule has 1 heterocycles. The molecule has 2 amide bonds. The number of aromatic nitrogens is 1. The van der Waals surface area contributed by atoms with Crippen LogP contribution in [0.5, 0.6) is 5.75 Å². The van der Waals surface area contributed by atoms with Crippen molar-refractivity contribution in [2.75, 3.05) is 26.8 Å². The molecule has 10 nitrogen and oxygen atoms in total. The summed E-state index contributed by atoms with van der Waals surface area (Å²) in [6.07, 6.45) is 1.14. The van der Waals surface area contributed by atoms with Crippen LogP contribution in [-0.2, 0) is 26.1 Å². The van der Waals surface area contributed by atoms with E-state index in [0.29, 0.717) is 12.0 Å². The van der Waals surface area contributed by atoms with Crippen molar-refractivity contribution in [2.24, 2.45) is 0 Å². The van der Waals surface area contributed by atoms with Gasteiger partial charge in [-0.2, -0.15) is 0 Å². The molecule has 2 aromatic carbocycles. The summed E-state index contributed by atoms with van der Waals surface area (Å²) in [5.74, 6) is -0.899. The van der Waals surface area contributed by atoms with E-state index in [2.05, 4.69) is 5.32 Å². The van der Waals surface area contributed by atoms with Crippen LogP contribution in [0.3, 0.4) is 0 Å². The maximum atomic E-state index is 14.8. The summed E-state index contributed by atoms with van der Waals surface area (Å²) in [4.78, 5) is 25.6. The molecule has 216 valence electrons. The normalized spacial score (nSPS) is 11.7. The molecule has 0 atom stereocenters. The number of carbonyl (C=O) groups is 2. The molecule has 0 unspecified atom stereocenters. The molecule has 0 spiro atoms. The minimum absolute atomic E-state index is 0.00737. The Bertz CT molecular complexity index is 1450. The highest BCUT2D eigenvalue weighted by Crippen LogP contribution is 2.30. The van der Waals surface area contributed by atoms with Crippen molar-refractivity contribution in [3.8, 4) is 17.0 Å². The Morgan fingerprint density at radius 3 is 2.50 bits per heavy atom. The Balaban J connectivity index is 1.94. The zero-order valence-corrected chi connectivity index (χ0v) is 23.7. The van der Waals surface area contributed by atoms with Crippen molar-refractivity contribution in [3.05, 3.63) is 72.2 Å². The second-order valence-corrected chi connectivity index (χ2v) is 11.9. The fourth-order valence-corrected chi connectivity index (χ4v) is 5.10. The van der Waals surface area contributed by atoms with Crippen LogP contribution >= 0.6 is 0 Å². The van der Waals surface area contributed by atoms with Gasteiger partial charge in [0.2, 0.25) is 0 Å². The number of hydrogen-bond donors (Lipinski definition) is 2. The van der Waals surface area contributed by atoms with Crippen LogP contribution in [0.4, 0.5) is 9.18 Å². The van der Waals surface area contributed by atoms with E-state index in [4.69, 9.17) is 14.6 Å². The first-order chi connectivity index (χ1) is 18.8. The van der Waals surface area contributed by atoms with Gasteiger partial charge in [-0.3, -0.25) is 4.79 Å². The summed E-state index contributed by atoms with van der Waals surface area (Å²) in [6, 6.07) is 12.9. The van der Waals surface area contributed by atoms with Crippen LogP contribution in [0, 0.1) is 5.82 Å². The standard InChI is InChI=1S/C28H34FN3O7S/c1-28(2,3)39-27(35)31(4)17-20-15-25(23-11-5-6-12-24(23)29)32(18-20)40(36,37)22-10-7-9-21(16-22)38-19-26(34)30-13-8-14-33/h5-7,9-12,15-16,18,33H,8,13-14,17,19H2,1-4H3,(H,30,34). The third-order valence-corrected chi connectivity index (χ3v) is 7.18. The highest BCUT2D eigenvalue weighted by Gasteiger charge is 2.26. The molecule has 0 saturated heterocycles. The molecule has 0 radical (unpaired) electrons. The maximum absolute atomic E-state index is 14.8. The summed E-state index contributed by atoms with van der Waals surface area (Å²) in [7, 11) is -2.75. The monoisotopic (exact) mass is 575 g/mol. The first-order valence-corrected chi connectivity index (χ1v) is 14.0. The van der Waals surface area contributed by atoms with Crippen molar-refractivity contribution >= 4 is 22.0 Å². The molecule has 0 aliphatic rings. The first kappa shape index (κ1) is 30.6. The van der Waals surface area contributed by atoms with Crippen LogP contribution in [-0.4, -0.2) is 66.8 Å². The molecule has 2 N–H and O–H groups in total. The Morgan fingerprint density at radius 1 is 1.10 bits per heavy atom. The SMILES string of the molecule is CN(Cc1cc(-c2ccccc2F)n(S(=O)(=O)c2cccc(OCC(=O)NCCCO)c2)c1)C(=O)OC(C)(C)C. The van der Waals surface area contributed by atoms with Gasteiger partial charge in [0.1, 0.15) is 17.2 Å². The van der Waals surface area contributed by atoms with Crippen LogP contribution in [0.1, 0.15) is 32.8 Å². The molecule has 0 fully saturated rings. The van der Waals surface area contributed by atoms with Gasteiger partial charge < -0.3 is 24.8 Å². The molecule has 40 heavy (non-hydrogen) atoms. The predicted octanol–water partition coefficient (Wildman–Crippen LogP) is 3.78. The zero-order chi connectivity index (χ0) is 29.5. The number of nitrogens with zero attached hydrogens (tertiary/aromatic N) is 2. The van der Waals surface area contributed by atoms with Crippen LogP contribution < -0.4 is 10.1 Å². The van der Waals surface area contributed by atoms with Crippen molar-refractivity contribution in [1.29, 1.82) is 0 Å². The quantitative estimate of drug-likeness (QED) is 0.333. The third-order valence-electron chi connectivity index (χ3n) is 5.51. The van der Waals surface area contributed by atoms with E-state index in [1.807, 2.05) is 0 Å². The van der Waals surface area contributed by atoms with Gasteiger partial charge in [0, 0.05) is 38.0 Å². The number of hydrogen-bond acceptors (Lipinski definition) is 7. The second kappa shape index (κ2) is 13.0. The molecule has 0 bridgehead atoms. The summed E-state index contributed by atoms with van der Waals surface area (Å²) in [5.41, 5.74) is -0.154. The lowest BCUT2D eigenvalue weighted by molar-refractivity contribution is -0.123. The molecule has 1 aromatic heterocycles. The largest absolute Gasteiger partial charge is 0.484 e. The number of halogens is 1. The fourth-order valence-electron chi connectivity index (χ4n) is 3.67. The minimum Gasteiger partial charge on any atom is -0.484 e.